The van der Waals surface area contributed by atoms with E-state index in [2.05, 4.69) is 5.32 Å². The summed E-state index contributed by atoms with van der Waals surface area (Å²) in [4.78, 5) is 2.12. The third kappa shape index (κ3) is 2.43. The van der Waals surface area contributed by atoms with Gasteiger partial charge in [-0.3, -0.25) is 0 Å². The standard InChI is InChI=1S/C12H11ClFNS/c1-15-7-9-3-5-12(16-9)10-4-2-8(13)6-11(10)14/h2-6,15H,7H2,1H3. The lowest BCUT2D eigenvalue weighted by molar-refractivity contribution is 0.632. The minimum absolute atomic E-state index is 0.273. The molecule has 0 saturated carbocycles. The van der Waals surface area contributed by atoms with E-state index >= 15 is 0 Å². The molecule has 0 aliphatic rings. The van der Waals surface area contributed by atoms with Gasteiger partial charge in [-0.1, -0.05) is 11.6 Å². The predicted octanol–water partition coefficient (Wildman–Crippen LogP) is 3.93. The summed E-state index contributed by atoms with van der Waals surface area (Å²) in [5.74, 6) is -0.273. The number of benzene rings is 1. The molecule has 0 saturated heterocycles. The van der Waals surface area contributed by atoms with Crippen LogP contribution >= 0.6 is 22.9 Å². The fourth-order valence-corrected chi connectivity index (χ4v) is 2.69. The molecule has 1 nitrogen and oxygen atoms in total. The third-order valence-electron chi connectivity index (χ3n) is 2.21. The van der Waals surface area contributed by atoms with Gasteiger partial charge in [0.25, 0.3) is 0 Å². The van der Waals surface area contributed by atoms with Crippen molar-refractivity contribution in [3.63, 3.8) is 0 Å². The van der Waals surface area contributed by atoms with E-state index in [0.29, 0.717) is 10.6 Å². The van der Waals surface area contributed by atoms with Crippen LogP contribution in [0.3, 0.4) is 0 Å². The van der Waals surface area contributed by atoms with Gasteiger partial charge in [-0.2, -0.15) is 0 Å². The minimum atomic E-state index is -0.273. The van der Waals surface area contributed by atoms with Gasteiger partial charge in [0.05, 0.1) is 0 Å². The monoisotopic (exact) mass is 255 g/mol. The Morgan fingerprint density at radius 1 is 1.31 bits per heavy atom. The van der Waals surface area contributed by atoms with Crippen molar-refractivity contribution in [2.24, 2.45) is 0 Å². The van der Waals surface area contributed by atoms with Crippen LogP contribution in [0.2, 0.25) is 5.02 Å². The summed E-state index contributed by atoms with van der Waals surface area (Å²) in [6, 6.07) is 8.70. The summed E-state index contributed by atoms with van der Waals surface area (Å²) in [7, 11) is 1.89. The number of nitrogens with one attached hydrogen (secondary N) is 1. The van der Waals surface area contributed by atoms with E-state index in [1.165, 1.54) is 10.9 Å². The molecule has 0 unspecified atom stereocenters. The average molecular weight is 256 g/mol. The fraction of sp³-hybridized carbons (Fsp3) is 0.167. The lowest BCUT2D eigenvalue weighted by Gasteiger charge is -2.00. The van der Waals surface area contributed by atoms with E-state index in [4.69, 9.17) is 11.6 Å². The molecule has 0 fully saturated rings. The Labute approximate surface area is 103 Å². The van der Waals surface area contributed by atoms with Gasteiger partial charge >= 0.3 is 0 Å². The lowest BCUT2D eigenvalue weighted by Crippen LogP contribution is -2.02. The Kier molecular flexibility index (Phi) is 3.59. The maximum absolute atomic E-state index is 13.6. The summed E-state index contributed by atoms with van der Waals surface area (Å²) in [5.41, 5.74) is 0.608. The molecule has 0 aliphatic heterocycles. The molecule has 0 radical (unpaired) electrons. The predicted molar refractivity (Wildman–Crippen MR) is 67.5 cm³/mol. The summed E-state index contributed by atoms with van der Waals surface area (Å²) < 4.78 is 13.6. The molecule has 0 aliphatic carbocycles. The van der Waals surface area contributed by atoms with E-state index in [9.17, 15) is 4.39 Å². The van der Waals surface area contributed by atoms with Crippen LogP contribution in [0.15, 0.2) is 30.3 Å². The van der Waals surface area contributed by atoms with Crippen molar-refractivity contribution in [3.05, 3.63) is 46.0 Å². The van der Waals surface area contributed by atoms with Crippen LogP contribution in [0, 0.1) is 5.82 Å². The molecule has 1 aromatic carbocycles. The van der Waals surface area contributed by atoms with Gasteiger partial charge in [0, 0.05) is 26.9 Å². The molecule has 0 bridgehead atoms. The van der Waals surface area contributed by atoms with Gasteiger partial charge in [-0.15, -0.1) is 11.3 Å². The molecule has 0 spiro atoms. The first-order chi connectivity index (χ1) is 7.70. The van der Waals surface area contributed by atoms with Gasteiger partial charge in [0.15, 0.2) is 0 Å². The molecule has 0 atom stereocenters. The summed E-state index contributed by atoms with van der Waals surface area (Å²) in [6.45, 7) is 0.805. The first-order valence-corrected chi connectivity index (χ1v) is 6.09. The summed E-state index contributed by atoms with van der Waals surface area (Å²) >= 11 is 7.30. The Morgan fingerprint density at radius 3 is 2.81 bits per heavy atom. The average Bonchev–Trinajstić information content (AvgIpc) is 2.67. The van der Waals surface area contributed by atoms with E-state index < -0.39 is 0 Å². The number of halogens is 2. The summed E-state index contributed by atoms with van der Waals surface area (Å²) in [6.07, 6.45) is 0. The smallest absolute Gasteiger partial charge is 0.133 e. The van der Waals surface area contributed by atoms with Crippen molar-refractivity contribution < 1.29 is 4.39 Å². The molecule has 1 N–H and O–H groups in total. The molecule has 1 aromatic heterocycles. The second-order valence-electron chi connectivity index (χ2n) is 3.42. The maximum atomic E-state index is 13.6. The molecule has 16 heavy (non-hydrogen) atoms. The molecule has 2 aromatic rings. The second-order valence-corrected chi connectivity index (χ2v) is 5.03. The number of rotatable bonds is 3. The first kappa shape index (κ1) is 11.6. The lowest BCUT2D eigenvalue weighted by atomic mass is 10.2. The van der Waals surface area contributed by atoms with Crippen LogP contribution in [-0.4, -0.2) is 7.05 Å². The zero-order chi connectivity index (χ0) is 11.5. The molecular weight excluding hydrogens is 245 g/mol. The number of hydrogen-bond acceptors (Lipinski definition) is 2. The van der Waals surface area contributed by atoms with Crippen molar-refractivity contribution in [2.45, 2.75) is 6.54 Å². The highest BCUT2D eigenvalue weighted by atomic mass is 35.5. The molecule has 84 valence electrons. The Hall–Kier alpha value is -0.900. The SMILES string of the molecule is CNCc1ccc(-c2ccc(Cl)cc2F)s1. The van der Waals surface area contributed by atoms with Crippen molar-refractivity contribution in [2.75, 3.05) is 7.05 Å². The zero-order valence-corrected chi connectivity index (χ0v) is 10.3. The maximum Gasteiger partial charge on any atom is 0.133 e. The highest BCUT2D eigenvalue weighted by Crippen LogP contribution is 2.31. The van der Waals surface area contributed by atoms with Gasteiger partial charge in [-0.25, -0.2) is 4.39 Å². The zero-order valence-electron chi connectivity index (χ0n) is 8.76. The van der Waals surface area contributed by atoms with E-state index in [1.807, 2.05) is 19.2 Å². The van der Waals surface area contributed by atoms with E-state index in [1.54, 1.807) is 23.5 Å². The van der Waals surface area contributed by atoms with Crippen LogP contribution in [0.1, 0.15) is 4.88 Å². The largest absolute Gasteiger partial charge is 0.315 e. The Balaban J connectivity index is 2.35. The topological polar surface area (TPSA) is 12.0 Å². The third-order valence-corrected chi connectivity index (χ3v) is 3.56. The van der Waals surface area contributed by atoms with Crippen LogP contribution < -0.4 is 5.32 Å². The van der Waals surface area contributed by atoms with Crippen molar-refractivity contribution in [1.29, 1.82) is 0 Å². The minimum Gasteiger partial charge on any atom is -0.315 e. The van der Waals surface area contributed by atoms with Crippen LogP contribution in [0.5, 0.6) is 0 Å². The Morgan fingerprint density at radius 2 is 2.12 bits per heavy atom. The van der Waals surface area contributed by atoms with Gasteiger partial charge in [-0.05, 0) is 37.4 Å². The molecule has 0 amide bonds. The fourth-order valence-electron chi connectivity index (χ4n) is 1.48. The van der Waals surface area contributed by atoms with Gasteiger partial charge in [0.1, 0.15) is 5.82 Å². The molecule has 1 heterocycles. The first-order valence-electron chi connectivity index (χ1n) is 4.89. The Bertz CT molecular complexity index is 496. The molecule has 2 rings (SSSR count). The quantitative estimate of drug-likeness (QED) is 0.876. The van der Waals surface area contributed by atoms with Crippen molar-refractivity contribution >= 4 is 22.9 Å². The second kappa shape index (κ2) is 4.95. The molecule has 4 heteroatoms. The summed E-state index contributed by atoms with van der Waals surface area (Å²) in [5, 5.41) is 3.49. The van der Waals surface area contributed by atoms with Crippen LogP contribution in [-0.2, 0) is 6.54 Å². The van der Waals surface area contributed by atoms with Crippen LogP contribution in [0.25, 0.3) is 10.4 Å². The normalized spacial score (nSPS) is 10.7. The van der Waals surface area contributed by atoms with E-state index in [-0.39, 0.29) is 5.82 Å². The highest BCUT2D eigenvalue weighted by Gasteiger charge is 2.08. The van der Waals surface area contributed by atoms with E-state index in [0.717, 1.165) is 11.4 Å². The van der Waals surface area contributed by atoms with Crippen molar-refractivity contribution in [3.8, 4) is 10.4 Å². The number of thiophene rings is 1. The highest BCUT2D eigenvalue weighted by molar-refractivity contribution is 7.15. The number of hydrogen-bond donors (Lipinski definition) is 1. The molecular formula is C12H11ClFNS. The van der Waals surface area contributed by atoms with Crippen LogP contribution in [0.4, 0.5) is 4.39 Å². The van der Waals surface area contributed by atoms with Crippen molar-refractivity contribution in [1.82, 2.24) is 5.32 Å². The van der Waals surface area contributed by atoms with Gasteiger partial charge in [0.2, 0.25) is 0 Å². The van der Waals surface area contributed by atoms with Gasteiger partial charge < -0.3 is 5.32 Å².